The maximum atomic E-state index is 13.5. The largest absolute Gasteiger partial charge is 0.394 e. The van der Waals surface area contributed by atoms with Crippen molar-refractivity contribution in [2.24, 2.45) is 11.3 Å². The lowest BCUT2D eigenvalue weighted by molar-refractivity contribution is -0.192. The molecule has 2 unspecified atom stereocenters. The van der Waals surface area contributed by atoms with Crippen molar-refractivity contribution in [1.29, 1.82) is 0 Å². The van der Waals surface area contributed by atoms with E-state index in [0.717, 1.165) is 50.1 Å². The molecule has 0 radical (unpaired) electrons. The SMILES string of the molecule is CC1(C)CC2CCCNc3cccc(n3)SNC(=O)c3ccc(N4C=CC(OCCC5(C(F)(F)F)CC5)N4)nc3N1C2. The molecule has 9 nitrogen and oxygen atoms in total. The zero-order chi connectivity index (χ0) is 29.5. The van der Waals surface area contributed by atoms with Gasteiger partial charge in [-0.15, -0.1) is 0 Å². The number of aromatic nitrogens is 2. The van der Waals surface area contributed by atoms with Crippen molar-refractivity contribution in [2.45, 2.75) is 75.3 Å². The van der Waals surface area contributed by atoms with Gasteiger partial charge < -0.3 is 15.0 Å². The van der Waals surface area contributed by atoms with Crippen molar-refractivity contribution in [1.82, 2.24) is 20.1 Å². The number of hydrogen-bond acceptors (Lipinski definition) is 9. The summed E-state index contributed by atoms with van der Waals surface area (Å²) in [5.74, 6) is 2.10. The van der Waals surface area contributed by atoms with Crippen molar-refractivity contribution in [2.75, 3.05) is 34.9 Å². The van der Waals surface area contributed by atoms with Crippen LogP contribution in [0.5, 0.6) is 0 Å². The van der Waals surface area contributed by atoms with Crippen LogP contribution in [0.25, 0.3) is 0 Å². The number of halogens is 3. The Hall–Kier alpha value is -3.03. The molecule has 1 aliphatic carbocycles. The van der Waals surface area contributed by atoms with E-state index >= 15 is 0 Å². The Bertz CT molecular complexity index is 1350. The van der Waals surface area contributed by atoms with E-state index in [9.17, 15) is 18.0 Å². The first-order valence-corrected chi connectivity index (χ1v) is 15.2. The van der Waals surface area contributed by atoms with Crippen LogP contribution in [0.3, 0.4) is 0 Å². The molecule has 0 aromatic carbocycles. The Labute approximate surface area is 247 Å². The molecule has 1 amide bonds. The predicted octanol–water partition coefficient (Wildman–Crippen LogP) is 5.64. The lowest BCUT2D eigenvalue weighted by atomic mass is 9.93. The van der Waals surface area contributed by atoms with Gasteiger partial charge in [-0.2, -0.15) is 18.6 Å². The lowest BCUT2D eigenvalue weighted by Crippen LogP contribution is -2.41. The molecule has 5 heterocycles. The number of carbonyl (C=O) groups excluding carboxylic acids is 1. The van der Waals surface area contributed by atoms with Crippen LogP contribution in [0.1, 0.15) is 62.7 Å². The monoisotopic (exact) mass is 603 g/mol. The van der Waals surface area contributed by atoms with Gasteiger partial charge in [-0.05, 0) is 88.6 Å². The van der Waals surface area contributed by atoms with Crippen molar-refractivity contribution in [3.8, 4) is 0 Å². The van der Waals surface area contributed by atoms with E-state index in [-0.39, 0.29) is 37.3 Å². The van der Waals surface area contributed by atoms with Gasteiger partial charge in [-0.3, -0.25) is 14.5 Å². The summed E-state index contributed by atoms with van der Waals surface area (Å²) in [6, 6.07) is 9.21. The van der Waals surface area contributed by atoms with Crippen LogP contribution in [-0.2, 0) is 4.74 Å². The molecule has 2 fully saturated rings. The summed E-state index contributed by atoms with van der Waals surface area (Å²) >= 11 is 1.16. The van der Waals surface area contributed by atoms with Crippen LogP contribution in [0, 0.1) is 11.3 Å². The van der Waals surface area contributed by atoms with Crippen LogP contribution in [0.2, 0.25) is 0 Å². The van der Waals surface area contributed by atoms with Gasteiger partial charge >= 0.3 is 6.18 Å². The minimum Gasteiger partial charge on any atom is -0.370 e. The summed E-state index contributed by atoms with van der Waals surface area (Å²) in [5, 5.41) is 5.75. The van der Waals surface area contributed by atoms with Gasteiger partial charge in [0.15, 0.2) is 0 Å². The Kier molecular flexibility index (Phi) is 7.77. The van der Waals surface area contributed by atoms with Crippen molar-refractivity contribution in [3.05, 3.63) is 48.2 Å². The molecule has 13 heteroatoms. The van der Waals surface area contributed by atoms with E-state index in [1.165, 1.54) is 0 Å². The molecule has 42 heavy (non-hydrogen) atoms. The summed E-state index contributed by atoms with van der Waals surface area (Å²) in [5.41, 5.74) is 1.80. The first-order chi connectivity index (χ1) is 20.0. The molecule has 2 atom stereocenters. The van der Waals surface area contributed by atoms with Gasteiger partial charge in [-0.25, -0.2) is 9.97 Å². The molecule has 3 aliphatic heterocycles. The number of nitrogens with one attached hydrogen (secondary N) is 3. The fourth-order valence-corrected chi connectivity index (χ4v) is 6.67. The van der Waals surface area contributed by atoms with Crippen molar-refractivity contribution in [3.63, 3.8) is 0 Å². The first-order valence-electron chi connectivity index (χ1n) is 14.4. The zero-order valence-corrected chi connectivity index (χ0v) is 24.5. The Morgan fingerprint density at radius 3 is 2.79 bits per heavy atom. The number of carbonyl (C=O) groups is 1. The molecule has 1 saturated heterocycles. The molecule has 3 N–H and O–H groups in total. The summed E-state index contributed by atoms with van der Waals surface area (Å²) < 4.78 is 48.5. The van der Waals surface area contributed by atoms with Crippen LogP contribution in [-0.4, -0.2) is 53.5 Å². The minimum absolute atomic E-state index is 0.00144. The number of ether oxygens (including phenoxy) is 1. The normalized spacial score (nSPS) is 24.8. The molecule has 2 aromatic rings. The quantitative estimate of drug-likeness (QED) is 0.376. The number of hydrazine groups is 1. The van der Waals surface area contributed by atoms with Crippen LogP contribution < -0.4 is 25.4 Å². The second kappa shape index (κ2) is 11.2. The molecule has 1 saturated carbocycles. The lowest BCUT2D eigenvalue weighted by Gasteiger charge is -2.34. The molecule has 6 rings (SSSR count). The summed E-state index contributed by atoms with van der Waals surface area (Å²) in [4.78, 5) is 25.3. The smallest absolute Gasteiger partial charge is 0.370 e. The van der Waals surface area contributed by atoms with E-state index in [1.807, 2.05) is 18.2 Å². The topological polar surface area (TPSA) is 94.7 Å². The van der Waals surface area contributed by atoms with E-state index < -0.39 is 17.8 Å². The Balaban J connectivity index is 1.20. The van der Waals surface area contributed by atoms with E-state index in [4.69, 9.17) is 9.72 Å². The number of alkyl halides is 3. The van der Waals surface area contributed by atoms with Gasteiger partial charge in [-0.1, -0.05) is 6.07 Å². The molecule has 4 aliphatic rings. The van der Waals surface area contributed by atoms with Gasteiger partial charge in [0, 0.05) is 43.4 Å². The fourth-order valence-electron chi connectivity index (χ4n) is 6.07. The highest BCUT2D eigenvalue weighted by molar-refractivity contribution is 7.97. The van der Waals surface area contributed by atoms with Crippen molar-refractivity contribution >= 4 is 35.3 Å². The third-order valence-electron chi connectivity index (χ3n) is 8.64. The summed E-state index contributed by atoms with van der Waals surface area (Å²) in [7, 11) is 0. The minimum atomic E-state index is -4.19. The molecular formula is C29H36F3N7O2S. The number of fused-ring (bicyclic) bond motifs is 6. The number of pyridine rings is 2. The highest BCUT2D eigenvalue weighted by Crippen LogP contribution is 2.59. The molecule has 226 valence electrons. The maximum Gasteiger partial charge on any atom is 0.394 e. The number of nitrogens with zero attached hydrogens (tertiary/aromatic N) is 4. The van der Waals surface area contributed by atoms with E-state index in [2.05, 4.69) is 39.2 Å². The van der Waals surface area contributed by atoms with Gasteiger partial charge in [0.1, 0.15) is 28.7 Å². The van der Waals surface area contributed by atoms with Crippen LogP contribution >= 0.6 is 11.9 Å². The van der Waals surface area contributed by atoms with Crippen LogP contribution in [0.15, 0.2) is 47.6 Å². The second-order valence-electron chi connectivity index (χ2n) is 12.2. The number of rotatable bonds is 5. The molecule has 0 spiro atoms. The number of hydrogen-bond donors (Lipinski definition) is 3. The Morgan fingerprint density at radius 1 is 1.17 bits per heavy atom. The van der Waals surface area contributed by atoms with Gasteiger partial charge in [0.05, 0.1) is 11.0 Å². The Morgan fingerprint density at radius 2 is 2.00 bits per heavy atom. The third kappa shape index (κ3) is 6.04. The second-order valence-corrected chi connectivity index (χ2v) is 13.0. The summed E-state index contributed by atoms with van der Waals surface area (Å²) in [6.45, 7) is 5.95. The third-order valence-corrected chi connectivity index (χ3v) is 9.37. The zero-order valence-electron chi connectivity index (χ0n) is 23.7. The highest BCUT2D eigenvalue weighted by Gasteiger charge is 2.62. The van der Waals surface area contributed by atoms with Gasteiger partial charge in [0.2, 0.25) is 0 Å². The molecular weight excluding hydrogens is 567 g/mol. The standard InChI is InChI=1S/C29H36F3N7O2S/c1-27(2)17-19-5-4-14-33-21-6-3-7-24(34-21)42-37-26(40)20-8-9-22(35-25(20)38(27)18-19)39-15-10-23(36-39)41-16-13-28(11-12-28)29(30,31)32/h3,6-10,15,19,23,36H,4-5,11-14,16-18H2,1-2H3,(H,33,34)(H,37,40). The van der Waals surface area contributed by atoms with Crippen LogP contribution in [0.4, 0.5) is 30.6 Å². The van der Waals surface area contributed by atoms with Crippen molar-refractivity contribution < 1.29 is 22.7 Å². The average molecular weight is 604 g/mol. The molecule has 4 bridgehead atoms. The maximum absolute atomic E-state index is 13.5. The average Bonchev–Trinajstić information content (AvgIpc) is 3.50. The van der Waals surface area contributed by atoms with E-state index in [0.29, 0.717) is 28.1 Å². The first kappa shape index (κ1) is 29.1. The fraction of sp³-hybridized carbons (Fsp3) is 0.552. The highest BCUT2D eigenvalue weighted by atomic mass is 32.2. The number of anilines is 3. The number of amides is 1. The summed E-state index contributed by atoms with van der Waals surface area (Å²) in [6.07, 6.45) is 2.03. The van der Waals surface area contributed by atoms with E-state index in [1.54, 1.807) is 29.4 Å². The van der Waals surface area contributed by atoms with Gasteiger partial charge in [0.25, 0.3) is 5.91 Å². The predicted molar refractivity (Wildman–Crippen MR) is 156 cm³/mol. The molecule has 2 aromatic heterocycles.